The summed E-state index contributed by atoms with van der Waals surface area (Å²) in [6, 6.07) is 10.7. The van der Waals surface area contributed by atoms with Crippen LogP contribution in [0.3, 0.4) is 0 Å². The highest BCUT2D eigenvalue weighted by Crippen LogP contribution is 2.24. The third-order valence-electron chi connectivity index (χ3n) is 2.72. The number of nitro benzene ring substituents is 1. The van der Waals surface area contributed by atoms with Crippen LogP contribution in [-0.4, -0.2) is 16.4 Å². The summed E-state index contributed by atoms with van der Waals surface area (Å²) in [5.41, 5.74) is 6.02. The third-order valence-corrected chi connectivity index (χ3v) is 2.93. The van der Waals surface area contributed by atoms with Gasteiger partial charge in [0.2, 0.25) is 0 Å². The summed E-state index contributed by atoms with van der Waals surface area (Å²) < 4.78 is 40.0. The number of anilines is 2. The van der Waals surface area contributed by atoms with Crippen LogP contribution in [0.25, 0.3) is 0 Å². The van der Waals surface area contributed by atoms with Gasteiger partial charge in [0.15, 0.2) is 5.11 Å². The molecule has 2 aromatic carbocycles. The van der Waals surface area contributed by atoms with Crippen LogP contribution in [0.1, 0.15) is 0 Å². The van der Waals surface area contributed by atoms with Crippen LogP contribution in [0.5, 0.6) is 5.75 Å². The minimum absolute atomic E-state index is 0.0917. The number of benzene rings is 2. The first kappa shape index (κ1) is 18.3. The Hall–Kier alpha value is -3.08. The van der Waals surface area contributed by atoms with Crippen molar-refractivity contribution in [1.29, 1.82) is 0 Å². The number of alkyl halides is 3. The van der Waals surface area contributed by atoms with Gasteiger partial charge in [0.1, 0.15) is 5.75 Å². The fraction of sp³-hybridized carbons (Fsp3) is 0.0714. The van der Waals surface area contributed by atoms with Gasteiger partial charge in [0.05, 0.1) is 10.6 Å². The van der Waals surface area contributed by atoms with E-state index in [0.717, 1.165) is 12.1 Å². The summed E-state index contributed by atoms with van der Waals surface area (Å²) in [5, 5.41) is 13.5. The Morgan fingerprint density at radius 3 is 2.40 bits per heavy atom. The molecule has 0 aromatic heterocycles. The largest absolute Gasteiger partial charge is 0.573 e. The van der Waals surface area contributed by atoms with Crippen molar-refractivity contribution in [1.82, 2.24) is 5.43 Å². The summed E-state index contributed by atoms with van der Waals surface area (Å²) in [6.07, 6.45) is -4.76. The molecule has 0 radical (unpaired) electrons. The molecule has 0 amide bonds. The Morgan fingerprint density at radius 2 is 1.80 bits per heavy atom. The number of halogens is 3. The van der Waals surface area contributed by atoms with Gasteiger partial charge >= 0.3 is 6.36 Å². The highest BCUT2D eigenvalue weighted by Gasteiger charge is 2.30. The minimum Gasteiger partial charge on any atom is -0.406 e. The maximum absolute atomic E-state index is 12.1. The van der Waals surface area contributed by atoms with Crippen LogP contribution in [0, 0.1) is 10.1 Å². The molecule has 25 heavy (non-hydrogen) atoms. The SMILES string of the molecule is O=[N+]([O-])c1cccc(NNC(=S)Nc2ccc(OC(F)(F)F)cc2)c1. The number of rotatable bonds is 5. The van der Waals surface area contributed by atoms with Crippen molar-refractivity contribution in [3.8, 4) is 5.75 Å². The molecular weight excluding hydrogens is 361 g/mol. The summed E-state index contributed by atoms with van der Waals surface area (Å²) in [6.45, 7) is 0. The maximum atomic E-state index is 12.1. The van der Waals surface area contributed by atoms with Gasteiger partial charge in [0, 0.05) is 17.8 Å². The number of nitro groups is 1. The normalized spacial score (nSPS) is 10.7. The van der Waals surface area contributed by atoms with Gasteiger partial charge in [0.25, 0.3) is 5.69 Å². The zero-order chi connectivity index (χ0) is 18.4. The molecule has 0 spiro atoms. The number of nitrogens with one attached hydrogen (secondary N) is 3. The monoisotopic (exact) mass is 372 g/mol. The van der Waals surface area contributed by atoms with E-state index in [2.05, 4.69) is 20.9 Å². The average Bonchev–Trinajstić information content (AvgIpc) is 2.54. The van der Waals surface area contributed by atoms with Gasteiger partial charge in [-0.15, -0.1) is 13.2 Å². The number of nitrogens with zero attached hydrogens (tertiary/aromatic N) is 1. The highest BCUT2D eigenvalue weighted by atomic mass is 32.1. The van der Waals surface area contributed by atoms with Gasteiger partial charge in [-0.05, 0) is 42.5 Å². The lowest BCUT2D eigenvalue weighted by Crippen LogP contribution is -2.33. The second-order valence-electron chi connectivity index (χ2n) is 4.58. The fourth-order valence-electron chi connectivity index (χ4n) is 1.73. The molecule has 0 saturated heterocycles. The molecule has 0 aliphatic heterocycles. The van der Waals surface area contributed by atoms with Crippen LogP contribution in [0.2, 0.25) is 0 Å². The Labute approximate surface area is 144 Å². The molecule has 2 rings (SSSR count). The molecule has 2 aromatic rings. The van der Waals surface area contributed by atoms with E-state index in [0.29, 0.717) is 11.4 Å². The molecule has 7 nitrogen and oxygen atoms in total. The van der Waals surface area contributed by atoms with Crippen LogP contribution in [0.15, 0.2) is 48.5 Å². The quantitative estimate of drug-likeness (QED) is 0.418. The molecule has 0 aliphatic rings. The molecule has 3 N–H and O–H groups in total. The number of thiocarbonyl (C=S) groups is 1. The summed E-state index contributed by atoms with van der Waals surface area (Å²) >= 11 is 5.01. The van der Waals surface area contributed by atoms with Crippen molar-refractivity contribution in [2.75, 3.05) is 10.7 Å². The predicted octanol–water partition coefficient (Wildman–Crippen LogP) is 3.81. The molecule has 0 bridgehead atoms. The molecule has 0 atom stereocenters. The minimum atomic E-state index is -4.76. The van der Waals surface area contributed by atoms with Gasteiger partial charge < -0.3 is 10.1 Å². The van der Waals surface area contributed by atoms with Crippen molar-refractivity contribution in [3.63, 3.8) is 0 Å². The van der Waals surface area contributed by atoms with Crippen LogP contribution >= 0.6 is 12.2 Å². The maximum Gasteiger partial charge on any atom is 0.573 e. The number of hydrazine groups is 1. The van der Waals surface area contributed by atoms with Gasteiger partial charge in [-0.3, -0.25) is 21.0 Å². The van der Waals surface area contributed by atoms with E-state index >= 15 is 0 Å². The van der Waals surface area contributed by atoms with Crippen molar-refractivity contribution < 1.29 is 22.8 Å². The lowest BCUT2D eigenvalue weighted by molar-refractivity contribution is -0.384. The molecule has 11 heteroatoms. The van der Waals surface area contributed by atoms with Crippen molar-refractivity contribution in [2.24, 2.45) is 0 Å². The standard InChI is InChI=1S/C14H11F3N4O3S/c15-14(16,17)24-12-6-4-9(5-7-12)18-13(25)20-19-10-2-1-3-11(8-10)21(22)23/h1-8,19H,(H2,18,20,25). The molecule has 0 aliphatic carbocycles. The molecule has 132 valence electrons. The van der Waals surface area contributed by atoms with Crippen molar-refractivity contribution in [3.05, 3.63) is 58.6 Å². The molecule has 0 heterocycles. The number of non-ortho nitro benzene ring substituents is 1. The van der Waals surface area contributed by atoms with Crippen LogP contribution < -0.4 is 20.9 Å². The molecular formula is C14H11F3N4O3S. The van der Waals surface area contributed by atoms with Crippen molar-refractivity contribution >= 4 is 34.4 Å². The van der Waals surface area contributed by atoms with Crippen LogP contribution in [0.4, 0.5) is 30.2 Å². The zero-order valence-corrected chi connectivity index (χ0v) is 13.1. The topological polar surface area (TPSA) is 88.5 Å². The lowest BCUT2D eigenvalue weighted by atomic mass is 10.3. The number of hydrogen-bond acceptors (Lipinski definition) is 5. The smallest absolute Gasteiger partial charge is 0.406 e. The molecule has 0 fully saturated rings. The Morgan fingerprint density at radius 1 is 1.12 bits per heavy atom. The van der Waals surface area contributed by atoms with E-state index in [1.165, 1.54) is 30.3 Å². The third kappa shape index (κ3) is 6.14. The van der Waals surface area contributed by atoms with E-state index in [1.54, 1.807) is 6.07 Å². The van der Waals surface area contributed by atoms with E-state index in [4.69, 9.17) is 12.2 Å². The first-order valence-corrected chi connectivity index (χ1v) is 7.07. The van der Waals surface area contributed by atoms with Gasteiger partial charge in [-0.25, -0.2) is 0 Å². The van der Waals surface area contributed by atoms with Crippen LogP contribution in [-0.2, 0) is 0 Å². The second kappa shape index (κ2) is 7.66. The highest BCUT2D eigenvalue weighted by molar-refractivity contribution is 7.80. The first-order valence-electron chi connectivity index (χ1n) is 6.66. The molecule has 0 unspecified atom stereocenters. The summed E-state index contributed by atoms with van der Waals surface area (Å²) in [7, 11) is 0. The van der Waals surface area contributed by atoms with Crippen molar-refractivity contribution in [2.45, 2.75) is 6.36 Å². The Balaban J connectivity index is 1.88. The summed E-state index contributed by atoms with van der Waals surface area (Å²) in [4.78, 5) is 10.1. The summed E-state index contributed by atoms with van der Waals surface area (Å²) in [5.74, 6) is -0.355. The number of ether oxygens (including phenoxy) is 1. The van der Waals surface area contributed by atoms with E-state index in [-0.39, 0.29) is 16.5 Å². The fourth-order valence-corrected chi connectivity index (χ4v) is 1.90. The van der Waals surface area contributed by atoms with Gasteiger partial charge in [-0.1, -0.05) is 6.07 Å². The first-order chi connectivity index (χ1) is 11.7. The zero-order valence-electron chi connectivity index (χ0n) is 12.3. The number of hydrogen-bond donors (Lipinski definition) is 3. The lowest BCUT2D eigenvalue weighted by Gasteiger charge is -2.13. The van der Waals surface area contributed by atoms with E-state index in [9.17, 15) is 23.3 Å². The average molecular weight is 372 g/mol. The van der Waals surface area contributed by atoms with E-state index < -0.39 is 11.3 Å². The Bertz CT molecular complexity index is 769. The predicted molar refractivity (Wildman–Crippen MR) is 89.2 cm³/mol. The van der Waals surface area contributed by atoms with E-state index in [1.807, 2.05) is 0 Å². The Kier molecular flexibility index (Phi) is 5.60. The second-order valence-corrected chi connectivity index (χ2v) is 4.99. The molecule has 0 saturated carbocycles. The van der Waals surface area contributed by atoms with Gasteiger partial charge in [-0.2, -0.15) is 0 Å².